The lowest BCUT2D eigenvalue weighted by Crippen LogP contribution is -2.40. The Balaban J connectivity index is 2.01. The van der Waals surface area contributed by atoms with E-state index in [9.17, 15) is 4.79 Å². The molecule has 4 heteroatoms. The monoisotopic (exact) mass is 227 g/mol. The van der Waals surface area contributed by atoms with Gasteiger partial charge in [0.1, 0.15) is 0 Å². The Hall–Kier alpha value is -0.960. The van der Waals surface area contributed by atoms with Crippen LogP contribution in [0.4, 0.5) is 0 Å². The fraction of sp³-hybridized carbons (Fsp3) is 0.545. The number of hydrogen-bond acceptors (Lipinski definition) is 2. The molecule has 0 saturated carbocycles. The lowest BCUT2D eigenvalue weighted by molar-refractivity contribution is 0.0652. The Labute approximate surface area is 94.0 Å². The number of rotatable bonds is 2. The molecular formula is C11H14ClNO2. The number of amides is 1. The van der Waals surface area contributed by atoms with Gasteiger partial charge in [0.25, 0.3) is 5.91 Å². The molecule has 15 heavy (non-hydrogen) atoms. The first-order chi connectivity index (χ1) is 7.31. The van der Waals surface area contributed by atoms with Crippen molar-refractivity contribution in [1.82, 2.24) is 4.90 Å². The first-order valence-corrected chi connectivity index (χ1v) is 5.73. The largest absolute Gasteiger partial charge is 0.459 e. The van der Waals surface area contributed by atoms with E-state index in [0.717, 1.165) is 25.9 Å². The highest BCUT2D eigenvalue weighted by molar-refractivity contribution is 6.18. The molecule has 1 atom stereocenters. The summed E-state index contributed by atoms with van der Waals surface area (Å²) in [6, 6.07) is 3.43. The van der Waals surface area contributed by atoms with Crippen LogP contribution in [0.2, 0.25) is 0 Å². The van der Waals surface area contributed by atoms with Crippen LogP contribution in [-0.2, 0) is 0 Å². The molecule has 0 radical (unpaired) electrons. The molecule has 0 bridgehead atoms. The molecule has 1 amide bonds. The number of piperidine rings is 1. The Morgan fingerprint density at radius 1 is 1.67 bits per heavy atom. The second-order valence-corrected chi connectivity index (χ2v) is 4.20. The number of likely N-dealkylation sites (tertiary alicyclic amines) is 1. The highest BCUT2D eigenvalue weighted by atomic mass is 35.5. The molecule has 1 aliphatic heterocycles. The summed E-state index contributed by atoms with van der Waals surface area (Å²) in [5, 5.41) is 0. The van der Waals surface area contributed by atoms with Crippen molar-refractivity contribution >= 4 is 17.5 Å². The van der Waals surface area contributed by atoms with E-state index in [1.165, 1.54) is 6.26 Å². The zero-order chi connectivity index (χ0) is 10.7. The molecule has 0 N–H and O–H groups in total. The van der Waals surface area contributed by atoms with Gasteiger partial charge in [0.2, 0.25) is 0 Å². The van der Waals surface area contributed by atoms with Gasteiger partial charge in [-0.05, 0) is 30.9 Å². The minimum Gasteiger partial charge on any atom is -0.459 e. The number of alkyl halides is 1. The first kappa shape index (κ1) is 10.6. The summed E-state index contributed by atoms with van der Waals surface area (Å²) in [7, 11) is 0. The molecular weight excluding hydrogens is 214 g/mol. The van der Waals surface area contributed by atoms with Gasteiger partial charge < -0.3 is 9.32 Å². The van der Waals surface area contributed by atoms with Crippen molar-refractivity contribution in [2.24, 2.45) is 5.92 Å². The topological polar surface area (TPSA) is 33.5 Å². The van der Waals surface area contributed by atoms with Crippen molar-refractivity contribution in [3.63, 3.8) is 0 Å². The molecule has 0 spiro atoms. The summed E-state index contributed by atoms with van der Waals surface area (Å²) in [4.78, 5) is 13.7. The Morgan fingerprint density at radius 2 is 2.53 bits per heavy atom. The van der Waals surface area contributed by atoms with Crippen LogP contribution in [0.25, 0.3) is 0 Å². The lowest BCUT2D eigenvalue weighted by Gasteiger charge is -2.31. The fourth-order valence-electron chi connectivity index (χ4n) is 1.93. The number of carbonyl (C=O) groups is 1. The number of furan rings is 1. The predicted molar refractivity (Wildman–Crippen MR) is 58.1 cm³/mol. The summed E-state index contributed by atoms with van der Waals surface area (Å²) >= 11 is 5.81. The minimum atomic E-state index is -0.0187. The van der Waals surface area contributed by atoms with Crippen LogP contribution in [-0.4, -0.2) is 29.8 Å². The highest BCUT2D eigenvalue weighted by Crippen LogP contribution is 2.19. The highest BCUT2D eigenvalue weighted by Gasteiger charge is 2.25. The van der Waals surface area contributed by atoms with Crippen molar-refractivity contribution in [2.75, 3.05) is 19.0 Å². The van der Waals surface area contributed by atoms with Gasteiger partial charge in [0.05, 0.1) is 6.26 Å². The summed E-state index contributed by atoms with van der Waals surface area (Å²) in [6.45, 7) is 1.57. The quantitative estimate of drug-likeness (QED) is 0.727. The Kier molecular flexibility index (Phi) is 3.31. The summed E-state index contributed by atoms with van der Waals surface area (Å²) < 4.78 is 5.09. The zero-order valence-corrected chi connectivity index (χ0v) is 9.24. The Bertz CT molecular complexity index is 323. The number of nitrogens with zero attached hydrogens (tertiary/aromatic N) is 1. The van der Waals surface area contributed by atoms with E-state index < -0.39 is 0 Å². The van der Waals surface area contributed by atoms with Crippen LogP contribution in [0, 0.1) is 5.92 Å². The van der Waals surface area contributed by atoms with E-state index in [2.05, 4.69) is 0 Å². The second-order valence-electron chi connectivity index (χ2n) is 3.89. The maximum absolute atomic E-state index is 11.9. The number of halogens is 1. The molecule has 2 heterocycles. The minimum absolute atomic E-state index is 0.0187. The molecule has 1 fully saturated rings. The molecule has 82 valence electrons. The summed E-state index contributed by atoms with van der Waals surface area (Å²) in [5.41, 5.74) is 0. The predicted octanol–water partition coefficient (Wildman–Crippen LogP) is 2.37. The van der Waals surface area contributed by atoms with E-state index in [-0.39, 0.29) is 5.91 Å². The lowest BCUT2D eigenvalue weighted by atomic mass is 10.00. The molecule has 0 aromatic carbocycles. The third-order valence-corrected chi connectivity index (χ3v) is 3.19. The first-order valence-electron chi connectivity index (χ1n) is 5.20. The van der Waals surface area contributed by atoms with Crippen LogP contribution in [0.5, 0.6) is 0 Å². The van der Waals surface area contributed by atoms with E-state index in [4.69, 9.17) is 16.0 Å². The normalized spacial score (nSPS) is 21.7. The average molecular weight is 228 g/mol. The van der Waals surface area contributed by atoms with Crippen LogP contribution in [0.15, 0.2) is 22.8 Å². The fourth-order valence-corrected chi connectivity index (χ4v) is 2.18. The maximum Gasteiger partial charge on any atom is 0.289 e. The van der Waals surface area contributed by atoms with Crippen LogP contribution in [0.1, 0.15) is 23.4 Å². The van der Waals surface area contributed by atoms with Gasteiger partial charge in [-0.2, -0.15) is 0 Å². The molecule has 1 aliphatic rings. The van der Waals surface area contributed by atoms with Crippen molar-refractivity contribution in [3.05, 3.63) is 24.2 Å². The van der Waals surface area contributed by atoms with Gasteiger partial charge in [-0.3, -0.25) is 4.79 Å². The van der Waals surface area contributed by atoms with Gasteiger partial charge >= 0.3 is 0 Å². The smallest absolute Gasteiger partial charge is 0.289 e. The molecule has 2 rings (SSSR count). The van der Waals surface area contributed by atoms with Gasteiger partial charge in [0.15, 0.2) is 5.76 Å². The third kappa shape index (κ3) is 2.34. The molecule has 0 aliphatic carbocycles. The summed E-state index contributed by atoms with van der Waals surface area (Å²) in [6.07, 6.45) is 3.67. The van der Waals surface area contributed by atoms with E-state index in [1.807, 2.05) is 4.90 Å². The molecule has 1 aromatic rings. The van der Waals surface area contributed by atoms with Crippen molar-refractivity contribution in [2.45, 2.75) is 12.8 Å². The maximum atomic E-state index is 11.9. The molecule has 1 saturated heterocycles. The van der Waals surface area contributed by atoms with Gasteiger partial charge in [-0.25, -0.2) is 0 Å². The molecule has 1 aromatic heterocycles. The van der Waals surface area contributed by atoms with Crippen LogP contribution >= 0.6 is 11.6 Å². The average Bonchev–Trinajstić information content (AvgIpc) is 2.81. The van der Waals surface area contributed by atoms with Crippen LogP contribution < -0.4 is 0 Å². The number of hydrogen-bond donors (Lipinski definition) is 0. The zero-order valence-electron chi connectivity index (χ0n) is 8.49. The number of carbonyl (C=O) groups excluding carboxylic acids is 1. The molecule has 3 nitrogen and oxygen atoms in total. The SMILES string of the molecule is O=C(c1ccco1)N1CCCC(CCl)C1. The molecule has 1 unspecified atom stereocenters. The summed E-state index contributed by atoms with van der Waals surface area (Å²) in [5.74, 6) is 1.46. The third-order valence-electron chi connectivity index (χ3n) is 2.76. The Morgan fingerprint density at radius 3 is 3.20 bits per heavy atom. The van der Waals surface area contributed by atoms with Gasteiger partial charge in [-0.15, -0.1) is 11.6 Å². The van der Waals surface area contributed by atoms with Crippen LogP contribution in [0.3, 0.4) is 0 Å². The standard InChI is InChI=1S/C11H14ClNO2/c12-7-9-3-1-5-13(8-9)11(14)10-4-2-6-15-10/h2,4,6,9H,1,3,5,7-8H2. The second kappa shape index (κ2) is 4.71. The van der Waals surface area contributed by atoms with Gasteiger partial charge in [-0.1, -0.05) is 0 Å². The van der Waals surface area contributed by atoms with E-state index in [0.29, 0.717) is 17.6 Å². The van der Waals surface area contributed by atoms with Crippen molar-refractivity contribution < 1.29 is 9.21 Å². The van der Waals surface area contributed by atoms with Crippen molar-refractivity contribution in [1.29, 1.82) is 0 Å². The van der Waals surface area contributed by atoms with E-state index >= 15 is 0 Å². The van der Waals surface area contributed by atoms with E-state index in [1.54, 1.807) is 12.1 Å². The van der Waals surface area contributed by atoms with Crippen molar-refractivity contribution in [3.8, 4) is 0 Å². The van der Waals surface area contributed by atoms with Gasteiger partial charge in [0, 0.05) is 19.0 Å².